The molecule has 0 radical (unpaired) electrons. The lowest BCUT2D eigenvalue weighted by Crippen LogP contribution is -2.30. The van der Waals surface area contributed by atoms with Crippen molar-refractivity contribution < 1.29 is 80.2 Å². The van der Waals surface area contributed by atoms with E-state index in [0.717, 1.165) is 128 Å². The van der Waals surface area contributed by atoms with Crippen LogP contribution in [0.15, 0.2) is 109 Å². The van der Waals surface area contributed by atoms with Crippen LogP contribution in [0.2, 0.25) is 0 Å². The summed E-state index contributed by atoms with van der Waals surface area (Å²) in [6.07, 6.45) is 78.2. The molecule has 0 bridgehead atoms. The Balaban J connectivity index is 5.41. The molecule has 0 fully saturated rings. The average molecular weight is 1450 g/mol. The summed E-state index contributed by atoms with van der Waals surface area (Å²) in [5, 5.41) is 10.6. The third-order valence-corrected chi connectivity index (χ3v) is 18.2. The minimum Gasteiger partial charge on any atom is -0.462 e. The number of hydrogen-bond donors (Lipinski definition) is 3. The molecule has 0 aromatic heterocycles. The molecule has 0 rings (SSSR count). The van der Waals surface area contributed by atoms with Crippen molar-refractivity contribution in [3.05, 3.63) is 109 Å². The van der Waals surface area contributed by atoms with Gasteiger partial charge in [-0.05, 0) is 89.9 Å². The zero-order valence-electron chi connectivity index (χ0n) is 62.8. The monoisotopic (exact) mass is 1450 g/mol. The van der Waals surface area contributed by atoms with Crippen LogP contribution in [0.1, 0.15) is 323 Å². The van der Waals surface area contributed by atoms with Gasteiger partial charge in [0, 0.05) is 19.3 Å². The van der Waals surface area contributed by atoms with E-state index in [4.69, 9.17) is 37.0 Å². The van der Waals surface area contributed by atoms with E-state index >= 15 is 0 Å². The van der Waals surface area contributed by atoms with E-state index in [9.17, 15) is 43.2 Å². The van der Waals surface area contributed by atoms with Crippen molar-refractivity contribution in [1.29, 1.82) is 0 Å². The van der Waals surface area contributed by atoms with Crippen molar-refractivity contribution in [1.82, 2.24) is 0 Å². The summed E-state index contributed by atoms with van der Waals surface area (Å²) in [6.45, 7) is 4.54. The van der Waals surface area contributed by atoms with Crippen molar-refractivity contribution in [3.8, 4) is 0 Å². The molecule has 19 heteroatoms. The first-order valence-electron chi connectivity index (χ1n) is 39.1. The molecule has 0 aliphatic carbocycles. The fourth-order valence-electron chi connectivity index (χ4n) is 10.4. The highest BCUT2D eigenvalue weighted by atomic mass is 31.2. The van der Waals surface area contributed by atoms with Gasteiger partial charge >= 0.3 is 39.5 Å². The molecule has 0 saturated carbocycles. The van der Waals surface area contributed by atoms with Crippen LogP contribution in [0, 0.1) is 0 Å². The van der Waals surface area contributed by atoms with Gasteiger partial charge in [0.1, 0.15) is 19.3 Å². The Bertz CT molecular complexity index is 2320. The maximum Gasteiger partial charge on any atom is 0.472 e. The molecular weight excluding hydrogens is 1310 g/mol. The molecule has 100 heavy (non-hydrogen) atoms. The van der Waals surface area contributed by atoms with Crippen LogP contribution < -0.4 is 0 Å². The number of unbranched alkanes of at least 4 members (excludes halogenated alkanes) is 30. The molecular formula is C81H140O17P2. The molecule has 0 amide bonds. The summed E-state index contributed by atoms with van der Waals surface area (Å²) in [7, 11) is -9.98. The molecule has 0 aliphatic heterocycles. The van der Waals surface area contributed by atoms with Crippen LogP contribution in [0.25, 0.3) is 0 Å². The number of aliphatic hydroxyl groups excluding tert-OH is 1. The fourth-order valence-corrected chi connectivity index (χ4v) is 12.0. The highest BCUT2D eigenvalue weighted by Gasteiger charge is 2.30. The fraction of sp³-hybridized carbons (Fsp3) is 0.728. The Morgan fingerprint density at radius 1 is 0.300 bits per heavy atom. The highest BCUT2D eigenvalue weighted by Crippen LogP contribution is 2.45. The van der Waals surface area contributed by atoms with Gasteiger partial charge in [-0.1, -0.05) is 317 Å². The van der Waals surface area contributed by atoms with Crippen LogP contribution in [-0.4, -0.2) is 96.7 Å². The smallest absolute Gasteiger partial charge is 0.462 e. The number of aliphatic hydroxyl groups is 1. The van der Waals surface area contributed by atoms with Gasteiger partial charge in [-0.3, -0.25) is 37.3 Å². The number of rotatable bonds is 73. The van der Waals surface area contributed by atoms with Gasteiger partial charge in [-0.2, -0.15) is 0 Å². The molecule has 0 aromatic rings. The van der Waals surface area contributed by atoms with Crippen molar-refractivity contribution in [2.24, 2.45) is 0 Å². The second-order valence-electron chi connectivity index (χ2n) is 25.9. The molecule has 5 unspecified atom stereocenters. The van der Waals surface area contributed by atoms with E-state index in [2.05, 4.69) is 113 Å². The van der Waals surface area contributed by atoms with Crippen LogP contribution in [-0.2, 0) is 65.4 Å². The number of carbonyl (C=O) groups excluding carboxylic acids is 4. The normalized spacial score (nSPS) is 14.5. The van der Waals surface area contributed by atoms with Crippen LogP contribution >= 0.6 is 15.6 Å². The predicted molar refractivity (Wildman–Crippen MR) is 408 cm³/mol. The van der Waals surface area contributed by atoms with Gasteiger partial charge in [-0.15, -0.1) is 0 Å². The zero-order valence-corrected chi connectivity index (χ0v) is 64.6. The second-order valence-corrected chi connectivity index (χ2v) is 28.8. The molecule has 0 aliphatic rings. The van der Waals surface area contributed by atoms with Gasteiger partial charge in [0.25, 0.3) is 0 Å². The maximum absolute atomic E-state index is 13.1. The van der Waals surface area contributed by atoms with Gasteiger partial charge in [0.05, 0.1) is 32.8 Å². The number of phosphoric acid groups is 2. The van der Waals surface area contributed by atoms with E-state index in [0.29, 0.717) is 25.7 Å². The molecule has 17 nitrogen and oxygen atoms in total. The molecule has 0 aromatic carbocycles. The summed E-state index contributed by atoms with van der Waals surface area (Å²) in [4.78, 5) is 72.9. The Labute approximate surface area is 607 Å². The lowest BCUT2D eigenvalue weighted by atomic mass is 10.0. The van der Waals surface area contributed by atoms with E-state index in [-0.39, 0.29) is 25.7 Å². The van der Waals surface area contributed by atoms with Gasteiger partial charge < -0.3 is 33.8 Å². The standard InChI is InChI=1S/C81H140O17P2/c1-5-9-13-17-21-25-29-33-36-37-40-43-46-50-54-58-62-66-79(84)92-71-76(97-80(85)67-63-59-55-51-47-41-32-28-24-20-16-12-8-4)73-95-99(87,88)93-69-75(82)70-94-100(89,90)96-74-77(98-81(86)68-64-60-56-52-48-44-39-35-31-27-23-19-15-11-7-3)72-91-78(83)65-61-57-53-49-45-42-38-34-30-26-22-18-14-10-6-2/h9-10,13-14,21-22,25-26,33-34,36,38,40,43,45,49,57,61,75-77,82H,5-8,11-12,15-20,23-24,27-32,35,37,39,41-42,44,46-48,50-56,58-60,62-74H2,1-4H3,(H,87,88)(H,89,90)/b13-9-,14-10-,25-21-,26-22-,36-33-,38-34-,43-40-,49-45-,61-57-. The zero-order chi connectivity index (χ0) is 73.2. The van der Waals surface area contributed by atoms with Crippen LogP contribution in [0.3, 0.4) is 0 Å². The van der Waals surface area contributed by atoms with E-state index in [1.165, 1.54) is 116 Å². The Kier molecular flexibility index (Phi) is 69.9. The van der Waals surface area contributed by atoms with E-state index < -0.39 is 97.5 Å². The van der Waals surface area contributed by atoms with Gasteiger partial charge in [-0.25, -0.2) is 9.13 Å². The van der Waals surface area contributed by atoms with E-state index in [1.54, 1.807) is 6.08 Å². The first kappa shape index (κ1) is 95.7. The van der Waals surface area contributed by atoms with E-state index in [1.807, 2.05) is 18.2 Å². The predicted octanol–water partition coefficient (Wildman–Crippen LogP) is 22.6. The quantitative estimate of drug-likeness (QED) is 0.0169. The molecule has 0 heterocycles. The summed E-state index contributed by atoms with van der Waals surface area (Å²) in [5.74, 6) is -2.33. The highest BCUT2D eigenvalue weighted by molar-refractivity contribution is 7.47. The molecule has 576 valence electrons. The summed E-state index contributed by atoms with van der Waals surface area (Å²) < 4.78 is 68.4. The summed E-state index contributed by atoms with van der Waals surface area (Å²) in [5.41, 5.74) is 0. The van der Waals surface area contributed by atoms with Crippen LogP contribution in [0.5, 0.6) is 0 Å². The topological polar surface area (TPSA) is 237 Å². The lowest BCUT2D eigenvalue weighted by Gasteiger charge is -2.21. The Hall–Kier alpha value is -4.28. The maximum atomic E-state index is 13.1. The van der Waals surface area contributed by atoms with Crippen molar-refractivity contribution in [2.45, 2.75) is 341 Å². The van der Waals surface area contributed by atoms with Crippen LogP contribution in [0.4, 0.5) is 0 Å². The summed E-state index contributed by atoms with van der Waals surface area (Å²) in [6, 6.07) is 0. The third-order valence-electron chi connectivity index (χ3n) is 16.3. The molecule has 3 N–H and O–H groups in total. The number of allylic oxidation sites excluding steroid dienone is 17. The average Bonchev–Trinajstić information content (AvgIpc) is 0.988. The Morgan fingerprint density at radius 2 is 0.560 bits per heavy atom. The first-order chi connectivity index (χ1) is 48.7. The number of esters is 4. The summed E-state index contributed by atoms with van der Waals surface area (Å²) >= 11 is 0. The SMILES string of the molecule is CC/C=C\C/C=C\C/C=C\C/C=C\C/C=C\CC(=O)OCC(COP(=O)(O)OCC(O)COP(=O)(O)OCC(COC(=O)CCCCCC/C=C\C/C=C\C/C=C\C/C=C\CC)OC(=O)CCCCCCCCCCCCCCC)OC(=O)CCCCCCCCCCCCCCCCC. The van der Waals surface area contributed by atoms with Crippen molar-refractivity contribution in [2.75, 3.05) is 39.6 Å². The minimum atomic E-state index is -4.99. The largest absolute Gasteiger partial charge is 0.472 e. The van der Waals surface area contributed by atoms with Gasteiger partial charge in [0.15, 0.2) is 12.2 Å². The van der Waals surface area contributed by atoms with Crippen molar-refractivity contribution >= 4 is 39.5 Å². The Morgan fingerprint density at radius 3 is 0.890 bits per heavy atom. The van der Waals surface area contributed by atoms with Crippen molar-refractivity contribution in [3.63, 3.8) is 0 Å². The minimum absolute atomic E-state index is 0.0693. The second kappa shape index (κ2) is 73.0. The lowest BCUT2D eigenvalue weighted by molar-refractivity contribution is -0.161. The third kappa shape index (κ3) is 72.1. The van der Waals surface area contributed by atoms with Gasteiger partial charge in [0.2, 0.25) is 0 Å². The number of ether oxygens (including phenoxy) is 4. The molecule has 0 saturated heterocycles. The number of carbonyl (C=O) groups is 4. The number of phosphoric ester groups is 2. The number of hydrogen-bond acceptors (Lipinski definition) is 15. The first-order valence-corrected chi connectivity index (χ1v) is 42.1. The molecule has 5 atom stereocenters. The molecule has 0 spiro atoms.